The normalized spacial score (nSPS) is 14.3. The quantitative estimate of drug-likeness (QED) is 0.633. The van der Waals surface area contributed by atoms with E-state index in [0.29, 0.717) is 16.7 Å². The fourth-order valence-electron chi connectivity index (χ4n) is 3.60. The molecule has 1 aromatic heterocycles. The van der Waals surface area contributed by atoms with Gasteiger partial charge in [-0.1, -0.05) is 33.8 Å². The lowest BCUT2D eigenvalue weighted by Gasteiger charge is -2.19. The van der Waals surface area contributed by atoms with E-state index in [1.807, 2.05) is 27.7 Å². The summed E-state index contributed by atoms with van der Waals surface area (Å²) in [7, 11) is -3.48. The number of thiophene rings is 1. The highest BCUT2D eigenvalue weighted by Crippen LogP contribution is 2.34. The average molecular weight is 455 g/mol. The van der Waals surface area contributed by atoms with Crippen LogP contribution in [-0.2, 0) is 26.7 Å². The third-order valence-corrected chi connectivity index (χ3v) is 7.93. The molecular weight excluding hydrogens is 423 g/mol. The summed E-state index contributed by atoms with van der Waals surface area (Å²) < 4.78 is 31.6. The number of amides is 1. The van der Waals surface area contributed by atoms with Crippen LogP contribution in [0.3, 0.4) is 0 Å². The van der Waals surface area contributed by atoms with E-state index >= 15 is 0 Å². The summed E-state index contributed by atoms with van der Waals surface area (Å²) in [6.07, 6.45) is -0.171. The van der Waals surface area contributed by atoms with Gasteiger partial charge in [0.05, 0.1) is 12.0 Å². The Hall–Kier alpha value is -1.61. The number of nitrogens with two attached hydrogens (primary N) is 1. The average Bonchev–Trinajstić information content (AvgIpc) is 2.96. The Labute approximate surface area is 182 Å². The van der Waals surface area contributed by atoms with Crippen LogP contribution in [0.5, 0.6) is 0 Å². The number of carbonyl (C=O) groups is 1. The maximum atomic E-state index is 14.5. The van der Waals surface area contributed by atoms with Gasteiger partial charge >= 0.3 is 0 Å². The maximum Gasteiger partial charge on any atom is 0.259 e. The summed E-state index contributed by atoms with van der Waals surface area (Å²) in [6, 6.07) is 4.65. The van der Waals surface area contributed by atoms with Crippen LogP contribution in [0.2, 0.25) is 0 Å². The Morgan fingerprint density at radius 1 is 1.27 bits per heavy atom. The summed E-state index contributed by atoms with van der Waals surface area (Å²) in [4.78, 5) is 13.5. The summed E-state index contributed by atoms with van der Waals surface area (Å²) in [5.74, 6) is -1.06. The van der Waals surface area contributed by atoms with E-state index in [2.05, 4.69) is 4.36 Å². The molecular formula is C22H31FN2O3S2. The van der Waals surface area contributed by atoms with Gasteiger partial charge in [0.1, 0.15) is 10.0 Å². The molecule has 5 nitrogen and oxygen atoms in total. The molecule has 1 atom stereocenters. The molecule has 0 saturated heterocycles. The zero-order valence-electron chi connectivity index (χ0n) is 18.6. The van der Waals surface area contributed by atoms with Gasteiger partial charge in [0, 0.05) is 4.88 Å². The van der Waals surface area contributed by atoms with Crippen molar-refractivity contribution >= 4 is 27.2 Å². The zero-order chi connectivity index (χ0) is 23.0. The molecule has 1 amide bonds. The number of hydrogen-bond acceptors (Lipinski definition) is 4. The van der Waals surface area contributed by atoms with Gasteiger partial charge in [0.25, 0.3) is 5.91 Å². The Balaban J connectivity index is 2.50. The number of carbonyl (C=O) groups excluding carboxylic acids is 1. The number of hydrogen-bond donors (Lipinski definition) is 2. The number of nitrogens with zero attached hydrogens (tertiary/aromatic N) is 1. The van der Waals surface area contributed by atoms with Crippen LogP contribution in [0.1, 0.15) is 80.5 Å². The topological polar surface area (TPSA) is 92.8 Å². The van der Waals surface area contributed by atoms with Crippen molar-refractivity contribution in [2.24, 2.45) is 9.50 Å². The lowest BCUT2D eigenvalue weighted by molar-refractivity contribution is -0.117. The Morgan fingerprint density at radius 3 is 2.33 bits per heavy atom. The number of aliphatic hydroxyl groups is 1. The molecule has 0 aliphatic rings. The minimum absolute atomic E-state index is 0.0856. The van der Waals surface area contributed by atoms with Crippen LogP contribution in [0.4, 0.5) is 4.39 Å². The molecule has 3 N–H and O–H groups in total. The van der Waals surface area contributed by atoms with Crippen LogP contribution in [0, 0.1) is 12.7 Å². The highest BCUT2D eigenvalue weighted by Gasteiger charge is 2.25. The Morgan fingerprint density at radius 2 is 1.87 bits per heavy atom. The first-order valence-electron chi connectivity index (χ1n) is 9.87. The molecule has 0 fully saturated rings. The largest absolute Gasteiger partial charge is 0.386 e. The van der Waals surface area contributed by atoms with Gasteiger partial charge in [-0.15, -0.1) is 15.7 Å². The predicted octanol–water partition coefficient (Wildman–Crippen LogP) is 5.14. The van der Waals surface area contributed by atoms with Gasteiger partial charge in [-0.25, -0.2) is 13.7 Å². The second-order valence-electron chi connectivity index (χ2n) is 8.66. The molecule has 1 aromatic carbocycles. The summed E-state index contributed by atoms with van der Waals surface area (Å²) >= 11 is 1.15. The van der Waals surface area contributed by atoms with Gasteiger partial charge in [-0.3, -0.25) is 4.79 Å². The number of aryl methyl sites for hydroxylation is 1. The van der Waals surface area contributed by atoms with E-state index < -0.39 is 21.4 Å². The second kappa shape index (κ2) is 8.86. The van der Waals surface area contributed by atoms with Crippen LogP contribution >= 0.6 is 11.3 Å². The highest BCUT2D eigenvalue weighted by atomic mass is 32.2. The van der Waals surface area contributed by atoms with Crippen molar-refractivity contribution in [1.82, 2.24) is 0 Å². The molecule has 0 saturated carbocycles. The van der Waals surface area contributed by atoms with Crippen molar-refractivity contribution in [3.8, 4) is 0 Å². The number of rotatable bonds is 6. The molecule has 0 bridgehead atoms. The third kappa shape index (κ3) is 5.35. The van der Waals surface area contributed by atoms with E-state index in [-0.39, 0.29) is 28.3 Å². The van der Waals surface area contributed by atoms with Crippen LogP contribution in [0.25, 0.3) is 0 Å². The smallest absolute Gasteiger partial charge is 0.259 e. The van der Waals surface area contributed by atoms with Crippen LogP contribution in [-0.4, -0.2) is 15.2 Å². The first-order valence-corrected chi connectivity index (χ1v) is 12.3. The molecule has 166 valence electrons. The van der Waals surface area contributed by atoms with Crippen molar-refractivity contribution in [3.05, 3.63) is 51.1 Å². The van der Waals surface area contributed by atoms with Gasteiger partial charge in [0.15, 0.2) is 9.92 Å². The SMILES string of the molecule is Cc1sc(S(N)(=O)=NC(=O)Cc2c(C(C)C)ccc(F)c2C(C)C)cc1C(C)(C)O. The molecule has 2 aromatic rings. The van der Waals surface area contributed by atoms with Crippen molar-refractivity contribution in [2.45, 2.75) is 76.5 Å². The van der Waals surface area contributed by atoms with E-state index in [0.717, 1.165) is 21.8 Å². The molecule has 8 heteroatoms. The predicted molar refractivity (Wildman–Crippen MR) is 121 cm³/mol. The Kier molecular flexibility index (Phi) is 7.29. The summed E-state index contributed by atoms with van der Waals surface area (Å²) in [5, 5.41) is 16.2. The van der Waals surface area contributed by atoms with E-state index in [1.165, 1.54) is 6.07 Å². The molecule has 0 spiro atoms. The lowest BCUT2D eigenvalue weighted by Crippen LogP contribution is -2.17. The van der Waals surface area contributed by atoms with Crippen molar-refractivity contribution < 1.29 is 18.5 Å². The minimum atomic E-state index is -3.48. The van der Waals surface area contributed by atoms with Gasteiger partial charge in [-0.2, -0.15) is 0 Å². The summed E-state index contributed by atoms with van der Waals surface area (Å²) in [6.45, 7) is 12.7. The third-order valence-electron chi connectivity index (χ3n) is 4.95. The first kappa shape index (κ1) is 24.7. The maximum absolute atomic E-state index is 14.5. The molecule has 0 aliphatic heterocycles. The molecule has 1 unspecified atom stereocenters. The highest BCUT2D eigenvalue weighted by molar-refractivity contribution is 7.93. The number of halogens is 1. The van der Waals surface area contributed by atoms with Gasteiger partial charge < -0.3 is 5.11 Å². The van der Waals surface area contributed by atoms with Gasteiger partial charge in [-0.05, 0) is 67.0 Å². The zero-order valence-corrected chi connectivity index (χ0v) is 20.2. The van der Waals surface area contributed by atoms with Gasteiger partial charge in [0.2, 0.25) is 0 Å². The summed E-state index contributed by atoms with van der Waals surface area (Å²) in [5.41, 5.74) is 1.40. The first-order chi connectivity index (χ1) is 13.6. The molecule has 2 rings (SSSR count). The van der Waals surface area contributed by atoms with Crippen molar-refractivity contribution in [3.63, 3.8) is 0 Å². The second-order valence-corrected chi connectivity index (χ2v) is 11.9. The molecule has 1 heterocycles. The van der Waals surface area contributed by atoms with E-state index in [1.54, 1.807) is 32.9 Å². The lowest BCUT2D eigenvalue weighted by atomic mass is 9.86. The molecule has 0 aliphatic carbocycles. The van der Waals surface area contributed by atoms with Crippen molar-refractivity contribution in [1.29, 1.82) is 0 Å². The molecule has 0 radical (unpaired) electrons. The minimum Gasteiger partial charge on any atom is -0.386 e. The van der Waals surface area contributed by atoms with Crippen molar-refractivity contribution in [2.75, 3.05) is 0 Å². The fraction of sp³-hybridized carbons (Fsp3) is 0.500. The van der Waals surface area contributed by atoms with E-state index in [4.69, 9.17) is 5.14 Å². The standard InChI is InChI=1S/C22H31FN2O3S2/c1-12(2)15-8-9-18(23)21(13(3)4)16(15)10-19(26)25-30(24,28)20-11-17(14(5)29-20)22(6,7)27/h8-9,11-13,27H,10H2,1-7H3,(H2,24,25,26,28). The van der Waals surface area contributed by atoms with Crippen LogP contribution < -0.4 is 5.14 Å². The fourth-order valence-corrected chi connectivity index (χ4v) is 6.21. The number of benzene rings is 1. The molecule has 30 heavy (non-hydrogen) atoms. The Bertz CT molecular complexity index is 1070. The van der Waals surface area contributed by atoms with E-state index in [9.17, 15) is 18.5 Å². The monoisotopic (exact) mass is 454 g/mol. The van der Waals surface area contributed by atoms with Crippen LogP contribution in [0.15, 0.2) is 26.8 Å².